The molecule has 0 heterocycles. The van der Waals surface area contributed by atoms with Gasteiger partial charge in [-0.15, -0.1) is 0 Å². The molecular formula is C10H24GeN3Zr. The Hall–Kier alpha value is 0.786. The van der Waals surface area contributed by atoms with Crippen LogP contribution in [0, 0.1) is 0 Å². The molecule has 3 nitrogen and oxygen atoms in total. The summed E-state index contributed by atoms with van der Waals surface area (Å²) < 4.78 is 12.8. The second kappa shape index (κ2) is 4.97. The third kappa shape index (κ3) is 1.89. The quantitative estimate of drug-likeness (QED) is 0.645. The zero-order valence-electron chi connectivity index (χ0n) is 10.5. The van der Waals surface area contributed by atoms with Crippen LogP contribution in [-0.2, 0) is 17.1 Å². The SMILES string of the molecule is C[NH][Zr]([NH]C)([NH]C)([C]1=CC=CC1)[GeH]([CH3])[CH3]. The predicted molar refractivity (Wildman–Crippen MR) is 67.9 cm³/mol. The minimum absolute atomic E-state index is 1.12. The monoisotopic (exact) mass is 350 g/mol. The van der Waals surface area contributed by atoms with E-state index in [0.29, 0.717) is 0 Å². The van der Waals surface area contributed by atoms with Crippen LogP contribution in [0.4, 0.5) is 0 Å². The number of nitrogens with one attached hydrogen (secondary N) is 3. The molecule has 1 aliphatic rings. The van der Waals surface area contributed by atoms with Crippen molar-refractivity contribution in [3.8, 4) is 0 Å². The average molecular weight is 350 g/mol. The van der Waals surface area contributed by atoms with Crippen molar-refractivity contribution in [2.75, 3.05) is 21.1 Å². The summed E-state index contributed by atoms with van der Waals surface area (Å²) in [6.07, 6.45) is 7.90. The summed E-state index contributed by atoms with van der Waals surface area (Å²) in [4.78, 5) is 0. The molecule has 0 bridgehead atoms. The Labute approximate surface area is 97.4 Å². The topological polar surface area (TPSA) is 36.1 Å². The van der Waals surface area contributed by atoms with Crippen LogP contribution in [0.3, 0.4) is 0 Å². The maximum atomic E-state index is 3.73. The van der Waals surface area contributed by atoms with Crippen molar-refractivity contribution < 1.29 is 17.1 Å². The van der Waals surface area contributed by atoms with E-state index in [-0.39, 0.29) is 0 Å². The van der Waals surface area contributed by atoms with Crippen LogP contribution in [0.2, 0.25) is 11.5 Å². The van der Waals surface area contributed by atoms with Crippen LogP contribution in [0.15, 0.2) is 21.5 Å². The van der Waals surface area contributed by atoms with E-state index < -0.39 is 27.7 Å². The number of hydrogen-bond donors (Lipinski definition) is 3. The summed E-state index contributed by atoms with van der Waals surface area (Å²) >= 11 is -3.15. The Morgan fingerprint density at radius 2 is 1.67 bits per heavy atom. The van der Waals surface area contributed by atoms with Crippen LogP contribution in [0.1, 0.15) is 6.42 Å². The van der Waals surface area contributed by atoms with E-state index in [1.165, 1.54) is 0 Å². The summed E-state index contributed by atoms with van der Waals surface area (Å²) in [5.41, 5.74) is 0. The number of allylic oxidation sites excluding steroid dienone is 4. The van der Waals surface area contributed by atoms with Crippen LogP contribution in [-0.4, -0.2) is 31.7 Å². The molecule has 0 aromatic rings. The van der Waals surface area contributed by atoms with Crippen molar-refractivity contribution in [2.24, 2.45) is 0 Å². The molecular weight excluding hydrogens is 326 g/mol. The molecule has 0 radical (unpaired) electrons. The van der Waals surface area contributed by atoms with Crippen molar-refractivity contribution in [1.82, 2.24) is 9.78 Å². The first-order valence-electron chi connectivity index (χ1n) is 5.66. The molecule has 87 valence electrons. The molecule has 0 amide bonds. The van der Waals surface area contributed by atoms with E-state index in [9.17, 15) is 0 Å². The Morgan fingerprint density at radius 3 is 1.93 bits per heavy atom. The summed E-state index contributed by atoms with van der Waals surface area (Å²) in [6.45, 7) is 0. The van der Waals surface area contributed by atoms with E-state index in [4.69, 9.17) is 0 Å². The molecule has 15 heavy (non-hydrogen) atoms. The molecule has 5 heteroatoms. The van der Waals surface area contributed by atoms with Gasteiger partial charge in [-0.2, -0.15) is 0 Å². The van der Waals surface area contributed by atoms with E-state index >= 15 is 0 Å². The molecule has 1 rings (SSSR count). The Bertz CT molecular complexity index is 284. The molecule has 0 spiro atoms. The summed E-state index contributed by atoms with van der Waals surface area (Å²) in [5.74, 6) is 4.97. The van der Waals surface area contributed by atoms with Gasteiger partial charge in [0.15, 0.2) is 0 Å². The molecule has 3 N–H and O–H groups in total. The maximum absolute atomic E-state index is 3.73. The first-order valence-corrected chi connectivity index (χ1v) is 24.0. The van der Waals surface area contributed by atoms with Crippen molar-refractivity contribution >= 4 is 10.6 Å². The van der Waals surface area contributed by atoms with Gasteiger partial charge in [-0.05, 0) is 0 Å². The first-order chi connectivity index (χ1) is 7.06. The average Bonchev–Trinajstić information content (AvgIpc) is 2.76. The molecule has 0 aliphatic heterocycles. The molecule has 0 saturated heterocycles. The van der Waals surface area contributed by atoms with Crippen molar-refractivity contribution in [1.29, 1.82) is 0 Å². The van der Waals surface area contributed by atoms with Crippen LogP contribution in [0.25, 0.3) is 0 Å². The number of rotatable bonds is 5. The van der Waals surface area contributed by atoms with Gasteiger partial charge in [-0.25, -0.2) is 0 Å². The van der Waals surface area contributed by atoms with E-state index in [2.05, 4.69) is 60.7 Å². The fourth-order valence-electron chi connectivity index (χ4n) is 2.93. The Morgan fingerprint density at radius 1 is 1.13 bits per heavy atom. The van der Waals surface area contributed by atoms with Crippen molar-refractivity contribution in [3.05, 3.63) is 21.5 Å². The van der Waals surface area contributed by atoms with Crippen molar-refractivity contribution in [3.63, 3.8) is 0 Å². The molecule has 0 fully saturated rings. The first kappa shape index (κ1) is 13.8. The third-order valence-electron chi connectivity index (χ3n) is 4.15. The van der Waals surface area contributed by atoms with Gasteiger partial charge in [0.05, 0.1) is 0 Å². The van der Waals surface area contributed by atoms with Gasteiger partial charge in [0.1, 0.15) is 0 Å². The third-order valence-corrected chi connectivity index (χ3v) is 65.7. The fraction of sp³-hybridized carbons (Fsp3) is 0.600. The van der Waals surface area contributed by atoms with Gasteiger partial charge in [0.25, 0.3) is 0 Å². The predicted octanol–water partition coefficient (Wildman–Crippen LogP) is 0.906. The molecule has 0 saturated carbocycles. The molecule has 0 aromatic heterocycles. The second-order valence-electron chi connectivity index (χ2n) is 4.56. The van der Waals surface area contributed by atoms with Gasteiger partial charge in [0.2, 0.25) is 0 Å². The summed E-state index contributed by atoms with van der Waals surface area (Å²) in [5, 5.41) is 0. The second-order valence-corrected chi connectivity index (χ2v) is 50.3. The van der Waals surface area contributed by atoms with E-state index in [1.807, 2.05) is 0 Å². The van der Waals surface area contributed by atoms with Gasteiger partial charge < -0.3 is 0 Å². The van der Waals surface area contributed by atoms with Gasteiger partial charge in [0, 0.05) is 0 Å². The van der Waals surface area contributed by atoms with Gasteiger partial charge >= 0.3 is 98.1 Å². The van der Waals surface area contributed by atoms with Crippen LogP contribution >= 0.6 is 0 Å². The zero-order chi connectivity index (χ0) is 11.6. The van der Waals surface area contributed by atoms with Crippen molar-refractivity contribution in [2.45, 2.75) is 17.9 Å². The molecule has 0 unspecified atom stereocenters. The Balaban J connectivity index is 3.26. The number of hydrogen-bond acceptors (Lipinski definition) is 3. The Kier molecular flexibility index (Phi) is 4.59. The van der Waals surface area contributed by atoms with Crippen LogP contribution < -0.4 is 9.78 Å². The summed E-state index contributed by atoms with van der Waals surface area (Å²) in [7, 11) is 5.04. The standard InChI is InChI=1S/C5H5.C2H7Ge.3CH4N.Zr/c1-2-4-5-3-1;1-3-2;3*1-2;/h1-3H,4H2;3H,1-2H3;3*2H,1H3;/q;;3*-1;+3. The van der Waals surface area contributed by atoms with Crippen LogP contribution in [0.5, 0.6) is 0 Å². The van der Waals surface area contributed by atoms with E-state index in [0.717, 1.165) is 6.42 Å². The normalized spacial score (nSPS) is 19.1. The van der Waals surface area contributed by atoms with Gasteiger partial charge in [-0.1, -0.05) is 0 Å². The summed E-state index contributed by atoms with van der Waals surface area (Å²) in [6, 6.07) is 0. The molecule has 1 aliphatic carbocycles. The molecule has 0 atom stereocenters. The zero-order valence-corrected chi connectivity index (χ0v) is 15.4. The minimum atomic E-state index is -3.15. The molecule has 0 aromatic carbocycles. The van der Waals surface area contributed by atoms with Gasteiger partial charge in [-0.3, -0.25) is 0 Å². The van der Waals surface area contributed by atoms with E-state index in [1.54, 1.807) is 3.28 Å². The fourth-order valence-corrected chi connectivity index (χ4v) is 49.0.